The highest BCUT2D eigenvalue weighted by Gasteiger charge is 2.21. The Morgan fingerprint density at radius 2 is 1.68 bits per heavy atom. The first-order valence-corrected chi connectivity index (χ1v) is 14.1. The fourth-order valence-electron chi connectivity index (χ4n) is 3.83. The smallest absolute Gasteiger partial charge is 0.326 e. The van der Waals surface area contributed by atoms with E-state index in [0.717, 1.165) is 0 Å². The molecule has 0 saturated heterocycles. The summed E-state index contributed by atoms with van der Waals surface area (Å²) in [6.07, 6.45) is 1.34. The van der Waals surface area contributed by atoms with Crippen LogP contribution in [0.2, 0.25) is 0 Å². The van der Waals surface area contributed by atoms with Crippen LogP contribution in [0.3, 0.4) is 0 Å². The molecule has 1 atom stereocenters. The quantitative estimate of drug-likeness (QED) is 0.0900. The van der Waals surface area contributed by atoms with Crippen LogP contribution >= 0.6 is 0 Å². The molecule has 0 aliphatic carbocycles. The summed E-state index contributed by atoms with van der Waals surface area (Å²) in [6, 6.07) is 5.12. The number of nitrogens with zero attached hydrogens (tertiary/aromatic N) is 3. The summed E-state index contributed by atoms with van der Waals surface area (Å²) in [7, 11) is 0. The summed E-state index contributed by atoms with van der Waals surface area (Å²) in [5.41, 5.74) is 6.76. The molecule has 16 heteroatoms. The average Bonchev–Trinajstić information content (AvgIpc) is 3.01. The fourth-order valence-corrected chi connectivity index (χ4v) is 3.83. The van der Waals surface area contributed by atoms with Gasteiger partial charge in [-0.3, -0.25) is 14.4 Å². The molecule has 7 N–H and O–H groups in total. The number of hydrogen-bond donors (Lipinski definition) is 6. The largest absolute Gasteiger partial charge is 0.480 e. The zero-order chi connectivity index (χ0) is 31.7. The van der Waals surface area contributed by atoms with Crippen LogP contribution in [-0.4, -0.2) is 102 Å². The molecular weight excluding hydrogens is 576 g/mol. The monoisotopic (exact) mass is 614 g/mol. The number of hydrogen-bond acceptors (Lipinski definition) is 12. The van der Waals surface area contributed by atoms with Crippen LogP contribution in [0.1, 0.15) is 34.7 Å². The molecule has 0 fully saturated rings. The maximum Gasteiger partial charge on any atom is 0.326 e. The number of anilines is 1. The van der Waals surface area contributed by atoms with Crippen molar-refractivity contribution < 1.29 is 33.7 Å². The van der Waals surface area contributed by atoms with Crippen molar-refractivity contribution in [2.75, 3.05) is 58.0 Å². The summed E-state index contributed by atoms with van der Waals surface area (Å²) in [5, 5.41) is 17.8. The van der Waals surface area contributed by atoms with Crippen molar-refractivity contribution in [1.82, 2.24) is 30.6 Å². The van der Waals surface area contributed by atoms with E-state index in [0.29, 0.717) is 56.8 Å². The van der Waals surface area contributed by atoms with E-state index in [1.165, 1.54) is 18.3 Å². The Labute approximate surface area is 253 Å². The number of rotatable bonds is 20. The number of carboxylic acid groups (broad SMARTS) is 1. The van der Waals surface area contributed by atoms with Gasteiger partial charge in [0.1, 0.15) is 11.9 Å². The van der Waals surface area contributed by atoms with Gasteiger partial charge in [0, 0.05) is 30.8 Å². The number of aliphatic carboxylic acids is 1. The molecule has 44 heavy (non-hydrogen) atoms. The predicted octanol–water partition coefficient (Wildman–Crippen LogP) is -0.278. The molecule has 16 nitrogen and oxygen atoms in total. The topological polar surface area (TPSA) is 233 Å². The third kappa shape index (κ3) is 11.6. The first-order valence-electron chi connectivity index (χ1n) is 14.1. The number of amides is 2. The molecule has 0 unspecified atom stereocenters. The standard InChI is InChI=1S/C28H38N8O8/c1-18-33-25-24(27(39)34-18)35-21(17-32-25)16-31-20-4-2-19(3-5-20)26(38)36-22(28(40)41)6-7-23(37)30-9-11-43-13-15-44-14-12-42-10-8-29/h2-5,17,22,31H,6-16,29H2,1H3,(H,30,37)(H,36,38)(H,40,41)(H,32,33,34,39)/t22-/m0/s1. The minimum absolute atomic E-state index is 0.0851. The van der Waals surface area contributed by atoms with Crippen molar-refractivity contribution in [3.8, 4) is 0 Å². The van der Waals surface area contributed by atoms with Crippen LogP contribution in [0.5, 0.6) is 0 Å². The molecule has 3 rings (SSSR count). The average molecular weight is 615 g/mol. The molecular formula is C28H38N8O8. The molecule has 0 aliphatic rings. The number of H-pyrrole nitrogens is 1. The SMILES string of the molecule is Cc1nc2ncc(CNc3ccc(C(=O)N[C@@H](CCC(=O)NCCOCCOCCOCCN)C(=O)O)cc3)nc2c(=O)[nH]1. The van der Waals surface area contributed by atoms with Gasteiger partial charge in [-0.1, -0.05) is 0 Å². The van der Waals surface area contributed by atoms with Crippen molar-refractivity contribution in [1.29, 1.82) is 0 Å². The Kier molecular flexibility index (Phi) is 14.1. The summed E-state index contributed by atoms with van der Waals surface area (Å²) >= 11 is 0. The van der Waals surface area contributed by atoms with Crippen LogP contribution in [0.15, 0.2) is 35.3 Å². The molecule has 0 saturated carbocycles. The first kappa shape index (κ1) is 34.0. The summed E-state index contributed by atoms with van der Waals surface area (Å²) in [5.74, 6) is -1.75. The lowest BCUT2D eigenvalue weighted by Gasteiger charge is -2.15. The second-order valence-corrected chi connectivity index (χ2v) is 9.49. The number of fused-ring (bicyclic) bond motifs is 1. The molecule has 0 radical (unpaired) electrons. The van der Waals surface area contributed by atoms with Crippen molar-refractivity contribution in [2.45, 2.75) is 32.4 Å². The van der Waals surface area contributed by atoms with Gasteiger partial charge in [0.15, 0.2) is 11.2 Å². The van der Waals surface area contributed by atoms with Gasteiger partial charge in [-0.05, 0) is 37.6 Å². The van der Waals surface area contributed by atoms with Crippen molar-refractivity contribution in [3.05, 3.63) is 57.9 Å². The van der Waals surface area contributed by atoms with Gasteiger partial charge in [0.05, 0.1) is 58.1 Å². The maximum absolute atomic E-state index is 12.7. The minimum atomic E-state index is -1.25. The molecule has 0 aliphatic heterocycles. The summed E-state index contributed by atoms with van der Waals surface area (Å²) < 4.78 is 15.9. The van der Waals surface area contributed by atoms with Crippen LogP contribution in [0, 0.1) is 6.92 Å². The normalized spacial score (nSPS) is 11.7. The number of aryl methyl sites for hydroxylation is 1. The van der Waals surface area contributed by atoms with Crippen LogP contribution < -0.4 is 27.2 Å². The van der Waals surface area contributed by atoms with E-state index in [1.807, 2.05) is 0 Å². The van der Waals surface area contributed by atoms with Gasteiger partial charge >= 0.3 is 5.97 Å². The Morgan fingerprint density at radius 3 is 2.36 bits per heavy atom. The number of ether oxygens (including phenoxy) is 3. The van der Waals surface area contributed by atoms with Gasteiger partial charge in [0.2, 0.25) is 5.91 Å². The highest BCUT2D eigenvalue weighted by Crippen LogP contribution is 2.12. The van der Waals surface area contributed by atoms with Crippen LogP contribution in [-0.2, 0) is 30.3 Å². The van der Waals surface area contributed by atoms with Crippen molar-refractivity contribution >= 4 is 34.6 Å². The number of nitrogens with two attached hydrogens (primary N) is 1. The molecule has 2 aromatic heterocycles. The van der Waals surface area contributed by atoms with Gasteiger partial charge in [-0.15, -0.1) is 0 Å². The zero-order valence-electron chi connectivity index (χ0n) is 24.5. The molecule has 238 valence electrons. The summed E-state index contributed by atoms with van der Waals surface area (Å²) in [4.78, 5) is 63.8. The Hall–Kier alpha value is -4.51. The number of carboxylic acids is 1. The summed E-state index contributed by atoms with van der Waals surface area (Å²) in [6.45, 7) is 5.05. The van der Waals surface area contributed by atoms with E-state index in [1.54, 1.807) is 19.1 Å². The Morgan fingerprint density at radius 1 is 1.00 bits per heavy atom. The van der Waals surface area contributed by atoms with Gasteiger partial charge in [-0.25, -0.2) is 19.7 Å². The van der Waals surface area contributed by atoms with E-state index in [4.69, 9.17) is 19.9 Å². The lowest BCUT2D eigenvalue weighted by Crippen LogP contribution is -2.41. The van der Waals surface area contributed by atoms with Crippen LogP contribution in [0.4, 0.5) is 5.69 Å². The third-order valence-corrected chi connectivity index (χ3v) is 6.05. The number of carbonyl (C=O) groups excluding carboxylic acids is 2. The van der Waals surface area contributed by atoms with Crippen LogP contribution in [0.25, 0.3) is 11.2 Å². The molecule has 3 aromatic rings. The number of aromatic amines is 1. The number of benzene rings is 1. The van der Waals surface area contributed by atoms with E-state index in [-0.39, 0.29) is 60.7 Å². The maximum atomic E-state index is 12.7. The Bertz CT molecular complexity index is 1430. The molecule has 1 aromatic carbocycles. The highest BCUT2D eigenvalue weighted by atomic mass is 16.5. The van der Waals surface area contributed by atoms with E-state index in [9.17, 15) is 24.3 Å². The highest BCUT2D eigenvalue weighted by molar-refractivity contribution is 5.97. The second kappa shape index (κ2) is 18.2. The van der Waals surface area contributed by atoms with Crippen molar-refractivity contribution in [3.63, 3.8) is 0 Å². The third-order valence-electron chi connectivity index (χ3n) is 6.05. The molecule has 0 spiro atoms. The number of aromatic nitrogens is 4. The first-order chi connectivity index (χ1) is 21.3. The zero-order valence-corrected chi connectivity index (χ0v) is 24.5. The lowest BCUT2D eigenvalue weighted by molar-refractivity contribution is -0.139. The Balaban J connectivity index is 1.36. The van der Waals surface area contributed by atoms with Crippen molar-refractivity contribution in [2.24, 2.45) is 5.73 Å². The van der Waals surface area contributed by atoms with Gasteiger partial charge in [0.25, 0.3) is 11.5 Å². The van der Waals surface area contributed by atoms with E-state index >= 15 is 0 Å². The number of carbonyl (C=O) groups is 3. The molecule has 2 amide bonds. The lowest BCUT2D eigenvalue weighted by atomic mass is 10.1. The predicted molar refractivity (Wildman–Crippen MR) is 159 cm³/mol. The fraction of sp³-hybridized carbons (Fsp3) is 0.464. The van der Waals surface area contributed by atoms with E-state index < -0.39 is 17.9 Å². The second-order valence-electron chi connectivity index (χ2n) is 9.49. The molecule has 2 heterocycles. The minimum Gasteiger partial charge on any atom is -0.480 e. The van der Waals surface area contributed by atoms with Gasteiger partial charge < -0.3 is 46.0 Å². The van der Waals surface area contributed by atoms with E-state index in [2.05, 4.69) is 35.9 Å². The number of nitrogens with one attached hydrogen (secondary N) is 4. The van der Waals surface area contributed by atoms with Gasteiger partial charge in [-0.2, -0.15) is 0 Å². The molecule has 0 bridgehead atoms.